The van der Waals surface area contributed by atoms with Crippen molar-refractivity contribution in [2.45, 2.75) is 13.2 Å². The maximum Gasteiger partial charge on any atom is 0.182 e. The van der Waals surface area contributed by atoms with Crippen LogP contribution >= 0.6 is 0 Å². The number of benzene rings is 3. The fraction of sp³-hybridized carbons (Fsp3) is 0.125. The van der Waals surface area contributed by atoms with E-state index in [1.807, 2.05) is 83.6 Å². The summed E-state index contributed by atoms with van der Waals surface area (Å²) in [6.45, 7) is 0.771. The van der Waals surface area contributed by atoms with Gasteiger partial charge in [0.2, 0.25) is 0 Å². The molecule has 1 aromatic heterocycles. The lowest BCUT2D eigenvalue weighted by atomic mass is 10.1. The standard InChI is InChI=1S/C24H21NO3/c1-27-20-10-5-9-19(15-20)23(26)16-25-14-13-21-22(25)11-6-12-24(21)28-17-18-7-3-2-4-8-18/h2-15H,16-17H2,1H3. The Hall–Kier alpha value is -3.53. The molecule has 0 aliphatic heterocycles. The van der Waals surface area contributed by atoms with Crippen molar-refractivity contribution in [3.63, 3.8) is 0 Å². The molecule has 4 nitrogen and oxygen atoms in total. The molecule has 0 unspecified atom stereocenters. The van der Waals surface area contributed by atoms with Gasteiger partial charge in [0.1, 0.15) is 18.1 Å². The Balaban J connectivity index is 1.55. The Morgan fingerprint density at radius 1 is 0.929 bits per heavy atom. The van der Waals surface area contributed by atoms with E-state index in [0.717, 1.165) is 22.2 Å². The molecular weight excluding hydrogens is 350 g/mol. The highest BCUT2D eigenvalue weighted by atomic mass is 16.5. The second kappa shape index (κ2) is 8.01. The summed E-state index contributed by atoms with van der Waals surface area (Å²) in [5.41, 5.74) is 2.73. The molecule has 0 aliphatic carbocycles. The highest BCUT2D eigenvalue weighted by Crippen LogP contribution is 2.27. The van der Waals surface area contributed by atoms with Crippen LogP contribution < -0.4 is 9.47 Å². The molecule has 0 saturated carbocycles. The van der Waals surface area contributed by atoms with Crippen LogP contribution in [-0.4, -0.2) is 17.5 Å². The second-order valence-electron chi connectivity index (χ2n) is 6.56. The third-order valence-corrected chi connectivity index (χ3v) is 4.72. The number of rotatable bonds is 7. The van der Waals surface area contributed by atoms with Crippen LogP contribution in [-0.2, 0) is 13.2 Å². The normalized spacial score (nSPS) is 10.8. The minimum atomic E-state index is 0.0343. The van der Waals surface area contributed by atoms with Crippen LogP contribution in [0.4, 0.5) is 0 Å². The molecule has 0 atom stereocenters. The zero-order valence-corrected chi connectivity index (χ0v) is 15.7. The van der Waals surface area contributed by atoms with Crippen LogP contribution in [0.15, 0.2) is 85.1 Å². The molecular formula is C24H21NO3. The van der Waals surface area contributed by atoms with Gasteiger partial charge in [-0.25, -0.2) is 0 Å². The van der Waals surface area contributed by atoms with E-state index in [1.54, 1.807) is 13.2 Å². The minimum Gasteiger partial charge on any atom is -0.497 e. The van der Waals surface area contributed by atoms with E-state index in [0.29, 0.717) is 17.9 Å². The van der Waals surface area contributed by atoms with E-state index in [2.05, 4.69) is 0 Å². The van der Waals surface area contributed by atoms with Gasteiger partial charge in [-0.05, 0) is 35.9 Å². The molecule has 0 amide bonds. The van der Waals surface area contributed by atoms with Crippen LogP contribution in [0.3, 0.4) is 0 Å². The third-order valence-electron chi connectivity index (χ3n) is 4.72. The van der Waals surface area contributed by atoms with Gasteiger partial charge >= 0.3 is 0 Å². The summed E-state index contributed by atoms with van der Waals surface area (Å²) in [5.74, 6) is 1.53. The molecule has 0 aliphatic rings. The van der Waals surface area contributed by atoms with Gasteiger partial charge in [-0.1, -0.05) is 48.5 Å². The molecule has 140 valence electrons. The molecule has 0 N–H and O–H groups in total. The lowest BCUT2D eigenvalue weighted by Crippen LogP contribution is -2.09. The maximum atomic E-state index is 12.7. The molecule has 3 aromatic carbocycles. The van der Waals surface area contributed by atoms with Crippen molar-refractivity contribution in [3.05, 3.63) is 96.2 Å². The lowest BCUT2D eigenvalue weighted by molar-refractivity contribution is 0.0973. The number of hydrogen-bond acceptors (Lipinski definition) is 3. The maximum absolute atomic E-state index is 12.7. The number of carbonyl (C=O) groups excluding carboxylic acids is 1. The first kappa shape index (κ1) is 17.9. The van der Waals surface area contributed by atoms with Gasteiger partial charge in [0.25, 0.3) is 0 Å². The van der Waals surface area contributed by atoms with Crippen molar-refractivity contribution in [3.8, 4) is 11.5 Å². The second-order valence-corrected chi connectivity index (χ2v) is 6.56. The minimum absolute atomic E-state index is 0.0343. The predicted molar refractivity (Wildman–Crippen MR) is 110 cm³/mol. The summed E-state index contributed by atoms with van der Waals surface area (Å²) in [6, 6.07) is 25.2. The highest BCUT2D eigenvalue weighted by Gasteiger charge is 2.12. The van der Waals surface area contributed by atoms with Crippen molar-refractivity contribution in [2.24, 2.45) is 0 Å². The van der Waals surface area contributed by atoms with Crippen LogP contribution in [0.5, 0.6) is 11.5 Å². The summed E-state index contributed by atoms with van der Waals surface area (Å²) in [5, 5.41) is 0.997. The van der Waals surface area contributed by atoms with Crippen LogP contribution in [0.2, 0.25) is 0 Å². The summed E-state index contributed by atoms with van der Waals surface area (Å²) >= 11 is 0. The summed E-state index contributed by atoms with van der Waals surface area (Å²) in [7, 11) is 1.60. The number of ketones is 1. The first-order valence-corrected chi connectivity index (χ1v) is 9.16. The van der Waals surface area contributed by atoms with Gasteiger partial charge in [-0.15, -0.1) is 0 Å². The van der Waals surface area contributed by atoms with Gasteiger partial charge in [-0.3, -0.25) is 4.79 Å². The topological polar surface area (TPSA) is 40.5 Å². The molecule has 4 heteroatoms. The van der Waals surface area contributed by atoms with Gasteiger partial charge < -0.3 is 14.0 Å². The lowest BCUT2D eigenvalue weighted by Gasteiger charge is -2.09. The number of nitrogens with zero attached hydrogens (tertiary/aromatic N) is 1. The Morgan fingerprint density at radius 3 is 2.57 bits per heavy atom. The molecule has 1 heterocycles. The SMILES string of the molecule is COc1cccc(C(=O)Cn2ccc3c(OCc4ccccc4)cccc32)c1. The first-order valence-electron chi connectivity index (χ1n) is 9.16. The van der Waals surface area contributed by atoms with E-state index in [-0.39, 0.29) is 12.3 Å². The van der Waals surface area contributed by atoms with Crippen LogP contribution in [0.25, 0.3) is 10.9 Å². The largest absolute Gasteiger partial charge is 0.497 e. The van der Waals surface area contributed by atoms with E-state index in [4.69, 9.17) is 9.47 Å². The molecule has 0 saturated heterocycles. The summed E-state index contributed by atoms with van der Waals surface area (Å²) in [4.78, 5) is 12.7. The molecule has 0 bridgehead atoms. The van der Waals surface area contributed by atoms with E-state index in [9.17, 15) is 4.79 Å². The first-order chi connectivity index (χ1) is 13.7. The van der Waals surface area contributed by atoms with Gasteiger partial charge in [-0.2, -0.15) is 0 Å². The van der Waals surface area contributed by atoms with E-state index in [1.165, 1.54) is 0 Å². The monoisotopic (exact) mass is 371 g/mol. The number of ether oxygens (including phenoxy) is 2. The Bertz CT molecular complexity index is 1100. The predicted octanol–water partition coefficient (Wildman–Crippen LogP) is 5.11. The number of fused-ring (bicyclic) bond motifs is 1. The number of carbonyl (C=O) groups is 1. The molecule has 0 fully saturated rings. The van der Waals surface area contributed by atoms with Crippen LogP contribution in [0.1, 0.15) is 15.9 Å². The van der Waals surface area contributed by atoms with Gasteiger partial charge in [0, 0.05) is 17.1 Å². The van der Waals surface area contributed by atoms with Gasteiger partial charge in [0.05, 0.1) is 19.2 Å². The fourth-order valence-corrected chi connectivity index (χ4v) is 3.24. The quantitative estimate of drug-likeness (QED) is 0.424. The molecule has 4 aromatic rings. The number of aromatic nitrogens is 1. The zero-order valence-electron chi connectivity index (χ0n) is 15.7. The Kier molecular flexibility index (Phi) is 5.11. The molecule has 4 rings (SSSR count). The fourth-order valence-electron chi connectivity index (χ4n) is 3.24. The van der Waals surface area contributed by atoms with Crippen molar-refractivity contribution in [1.82, 2.24) is 4.57 Å². The van der Waals surface area contributed by atoms with Crippen molar-refractivity contribution in [1.29, 1.82) is 0 Å². The van der Waals surface area contributed by atoms with Crippen molar-refractivity contribution >= 4 is 16.7 Å². The number of hydrogen-bond donors (Lipinski definition) is 0. The van der Waals surface area contributed by atoms with E-state index >= 15 is 0 Å². The van der Waals surface area contributed by atoms with E-state index < -0.39 is 0 Å². The number of Topliss-reactive ketones (excluding diaryl/α,β-unsaturated/α-hetero) is 1. The average molecular weight is 371 g/mol. The van der Waals surface area contributed by atoms with Crippen molar-refractivity contribution in [2.75, 3.05) is 7.11 Å². The average Bonchev–Trinajstić information content (AvgIpc) is 3.16. The third kappa shape index (κ3) is 3.76. The molecule has 0 radical (unpaired) electrons. The summed E-state index contributed by atoms with van der Waals surface area (Å²) < 4.78 is 13.2. The van der Waals surface area contributed by atoms with Crippen molar-refractivity contribution < 1.29 is 14.3 Å². The molecule has 0 spiro atoms. The zero-order chi connectivity index (χ0) is 19.3. The number of methoxy groups -OCH3 is 1. The van der Waals surface area contributed by atoms with Gasteiger partial charge in [0.15, 0.2) is 5.78 Å². The Labute approximate surface area is 163 Å². The highest BCUT2D eigenvalue weighted by molar-refractivity contribution is 5.97. The van der Waals surface area contributed by atoms with Crippen LogP contribution in [0, 0.1) is 0 Å². The summed E-state index contributed by atoms with van der Waals surface area (Å²) in [6.07, 6.45) is 1.93. The Morgan fingerprint density at radius 2 is 1.75 bits per heavy atom. The molecule has 28 heavy (non-hydrogen) atoms. The smallest absolute Gasteiger partial charge is 0.182 e.